The molecule has 0 bridgehead atoms. The number of hydrogen-bond donors (Lipinski definition) is 1. The van der Waals surface area contributed by atoms with Gasteiger partial charge in [-0.05, 0) is 35.7 Å². The molecule has 0 saturated heterocycles. The Morgan fingerprint density at radius 3 is 2.10 bits per heavy atom. The van der Waals surface area contributed by atoms with E-state index in [4.69, 9.17) is 5.73 Å². The van der Waals surface area contributed by atoms with E-state index in [0.717, 1.165) is 13.1 Å². The molecule has 1 aliphatic carbocycles. The van der Waals surface area contributed by atoms with E-state index >= 15 is 0 Å². The van der Waals surface area contributed by atoms with Crippen LogP contribution < -0.4 is 5.73 Å². The van der Waals surface area contributed by atoms with Crippen LogP contribution in [0.1, 0.15) is 35.4 Å². The van der Waals surface area contributed by atoms with Crippen molar-refractivity contribution in [1.29, 1.82) is 0 Å². The molecule has 1 saturated carbocycles. The molecule has 0 radical (unpaired) electrons. The smallest absolute Gasteiger partial charge is 0.0335 e. The molecule has 2 nitrogen and oxygen atoms in total. The van der Waals surface area contributed by atoms with E-state index in [0.29, 0.717) is 12.1 Å². The summed E-state index contributed by atoms with van der Waals surface area (Å²) in [6.07, 6.45) is 5.04. The largest absolute Gasteiger partial charge is 0.326 e. The highest BCUT2D eigenvalue weighted by atomic mass is 32.1. The fraction of sp³-hybridized carbons (Fsp3) is 0.500. The first-order valence-corrected chi connectivity index (χ1v) is 9.13. The van der Waals surface area contributed by atoms with E-state index in [9.17, 15) is 0 Å². The molecule has 2 aromatic heterocycles. The van der Waals surface area contributed by atoms with Crippen LogP contribution in [0.25, 0.3) is 0 Å². The van der Waals surface area contributed by atoms with Gasteiger partial charge in [-0.3, -0.25) is 4.90 Å². The summed E-state index contributed by atoms with van der Waals surface area (Å²) in [6.45, 7) is 2.07. The van der Waals surface area contributed by atoms with Gasteiger partial charge in [0.25, 0.3) is 0 Å². The van der Waals surface area contributed by atoms with Crippen molar-refractivity contribution < 1.29 is 0 Å². The standard InChI is InChI=1S/C16H22N2S2/c17-15-7-1-2-8-16(15)18(11-13-5-3-9-19-13)12-14-6-4-10-20-14/h3-6,9-10,15-16H,1-2,7-8,11-12,17H2/t15-,16-/m1/s1. The van der Waals surface area contributed by atoms with Crippen LogP contribution in [0.15, 0.2) is 35.0 Å². The molecule has 2 atom stereocenters. The van der Waals surface area contributed by atoms with Crippen LogP contribution in [0.2, 0.25) is 0 Å². The lowest BCUT2D eigenvalue weighted by Crippen LogP contribution is -2.48. The van der Waals surface area contributed by atoms with Crippen molar-refractivity contribution in [2.24, 2.45) is 5.73 Å². The minimum absolute atomic E-state index is 0.337. The van der Waals surface area contributed by atoms with Crippen molar-refractivity contribution in [1.82, 2.24) is 4.90 Å². The Hall–Kier alpha value is -0.680. The molecular weight excluding hydrogens is 284 g/mol. The van der Waals surface area contributed by atoms with Gasteiger partial charge in [0.15, 0.2) is 0 Å². The molecule has 0 spiro atoms. The maximum absolute atomic E-state index is 6.40. The first-order valence-electron chi connectivity index (χ1n) is 7.37. The van der Waals surface area contributed by atoms with Crippen LogP contribution in [0.4, 0.5) is 0 Å². The Kier molecular flexibility index (Phi) is 4.89. The van der Waals surface area contributed by atoms with Gasteiger partial charge in [0, 0.05) is 34.9 Å². The topological polar surface area (TPSA) is 29.3 Å². The zero-order valence-corrected chi connectivity index (χ0v) is 13.3. The molecule has 0 aliphatic heterocycles. The van der Waals surface area contributed by atoms with Crippen molar-refractivity contribution in [3.63, 3.8) is 0 Å². The SMILES string of the molecule is N[C@@H]1CCCC[C@H]1N(Cc1cccs1)Cc1cccs1. The van der Waals surface area contributed by atoms with Crippen LogP contribution in [0.3, 0.4) is 0 Å². The van der Waals surface area contributed by atoms with Crippen LogP contribution in [-0.2, 0) is 13.1 Å². The summed E-state index contributed by atoms with van der Waals surface area (Å²) in [4.78, 5) is 5.49. The van der Waals surface area contributed by atoms with Gasteiger partial charge in [0.05, 0.1) is 0 Å². The molecule has 1 fully saturated rings. The summed E-state index contributed by atoms with van der Waals surface area (Å²) < 4.78 is 0. The summed E-state index contributed by atoms with van der Waals surface area (Å²) >= 11 is 3.70. The van der Waals surface area contributed by atoms with Gasteiger partial charge >= 0.3 is 0 Å². The highest BCUT2D eigenvalue weighted by Gasteiger charge is 2.28. The van der Waals surface area contributed by atoms with Crippen molar-refractivity contribution >= 4 is 22.7 Å². The van der Waals surface area contributed by atoms with E-state index in [-0.39, 0.29) is 0 Å². The van der Waals surface area contributed by atoms with Crippen LogP contribution >= 0.6 is 22.7 Å². The average molecular weight is 306 g/mol. The number of nitrogens with two attached hydrogens (primary N) is 1. The maximum atomic E-state index is 6.40. The van der Waals surface area contributed by atoms with E-state index in [1.165, 1.54) is 35.4 Å². The first kappa shape index (κ1) is 14.3. The minimum Gasteiger partial charge on any atom is -0.326 e. The monoisotopic (exact) mass is 306 g/mol. The van der Waals surface area contributed by atoms with Gasteiger partial charge in [-0.15, -0.1) is 22.7 Å². The third kappa shape index (κ3) is 3.50. The van der Waals surface area contributed by atoms with E-state index in [1.54, 1.807) is 0 Å². The highest BCUT2D eigenvalue weighted by Crippen LogP contribution is 2.27. The molecule has 0 amide bonds. The molecule has 2 N–H and O–H groups in total. The summed E-state index contributed by atoms with van der Waals surface area (Å²) in [7, 11) is 0. The molecule has 3 rings (SSSR count). The molecular formula is C16H22N2S2. The van der Waals surface area contributed by atoms with Gasteiger partial charge in [-0.25, -0.2) is 0 Å². The Bertz CT molecular complexity index is 456. The Morgan fingerprint density at radius 1 is 1.00 bits per heavy atom. The number of thiophene rings is 2. The summed E-state index contributed by atoms with van der Waals surface area (Å²) in [6, 6.07) is 9.63. The summed E-state index contributed by atoms with van der Waals surface area (Å²) in [5.41, 5.74) is 6.40. The number of nitrogens with zero attached hydrogens (tertiary/aromatic N) is 1. The number of hydrogen-bond acceptors (Lipinski definition) is 4. The molecule has 2 aromatic rings. The minimum atomic E-state index is 0.337. The normalized spacial score (nSPS) is 23.3. The molecule has 0 aromatic carbocycles. The molecule has 0 unspecified atom stereocenters. The fourth-order valence-electron chi connectivity index (χ4n) is 3.09. The van der Waals surface area contributed by atoms with Crippen LogP contribution in [-0.4, -0.2) is 17.0 Å². The lowest BCUT2D eigenvalue weighted by molar-refractivity contribution is 0.124. The third-order valence-electron chi connectivity index (χ3n) is 4.13. The lowest BCUT2D eigenvalue weighted by Gasteiger charge is -2.38. The van der Waals surface area contributed by atoms with E-state index in [1.807, 2.05) is 22.7 Å². The quantitative estimate of drug-likeness (QED) is 0.902. The predicted octanol–water partition coefficient (Wildman–Crippen LogP) is 4.08. The second-order valence-corrected chi connectivity index (χ2v) is 7.64. The zero-order chi connectivity index (χ0) is 13.8. The second kappa shape index (κ2) is 6.85. The molecule has 2 heterocycles. The van der Waals surface area contributed by atoms with Crippen molar-refractivity contribution in [3.05, 3.63) is 44.8 Å². The van der Waals surface area contributed by atoms with Gasteiger partial charge in [0.2, 0.25) is 0 Å². The lowest BCUT2D eigenvalue weighted by atomic mass is 9.89. The Balaban J connectivity index is 1.74. The van der Waals surface area contributed by atoms with Gasteiger partial charge in [-0.1, -0.05) is 25.0 Å². The maximum Gasteiger partial charge on any atom is 0.0335 e. The predicted molar refractivity (Wildman–Crippen MR) is 88.1 cm³/mol. The van der Waals surface area contributed by atoms with Gasteiger partial charge < -0.3 is 5.73 Å². The van der Waals surface area contributed by atoms with Gasteiger partial charge in [-0.2, -0.15) is 0 Å². The Labute approximate surface area is 129 Å². The first-order chi connectivity index (χ1) is 9.83. The van der Waals surface area contributed by atoms with E-state index < -0.39 is 0 Å². The van der Waals surface area contributed by atoms with Crippen LogP contribution in [0.5, 0.6) is 0 Å². The van der Waals surface area contributed by atoms with Gasteiger partial charge in [0.1, 0.15) is 0 Å². The molecule has 20 heavy (non-hydrogen) atoms. The van der Waals surface area contributed by atoms with Crippen molar-refractivity contribution in [3.8, 4) is 0 Å². The molecule has 1 aliphatic rings. The van der Waals surface area contributed by atoms with Crippen LogP contribution in [0, 0.1) is 0 Å². The highest BCUT2D eigenvalue weighted by molar-refractivity contribution is 7.10. The fourth-order valence-corrected chi connectivity index (χ4v) is 4.55. The summed E-state index contributed by atoms with van der Waals surface area (Å²) in [5, 5.41) is 4.33. The number of rotatable bonds is 5. The zero-order valence-electron chi connectivity index (χ0n) is 11.7. The third-order valence-corrected chi connectivity index (χ3v) is 5.85. The average Bonchev–Trinajstić information content (AvgIpc) is 3.12. The van der Waals surface area contributed by atoms with Crippen molar-refractivity contribution in [2.45, 2.75) is 50.9 Å². The summed E-state index contributed by atoms with van der Waals surface area (Å²) in [5.74, 6) is 0. The molecule has 4 heteroatoms. The molecule has 108 valence electrons. The Morgan fingerprint density at radius 2 is 1.60 bits per heavy atom. The van der Waals surface area contributed by atoms with Crippen molar-refractivity contribution in [2.75, 3.05) is 0 Å². The van der Waals surface area contributed by atoms with E-state index in [2.05, 4.69) is 39.9 Å². The second-order valence-electron chi connectivity index (χ2n) is 5.58.